The van der Waals surface area contributed by atoms with Crippen LogP contribution in [0.15, 0.2) is 36.9 Å². The zero-order valence-electron chi connectivity index (χ0n) is 17.0. The van der Waals surface area contributed by atoms with Gasteiger partial charge in [0.1, 0.15) is 18.0 Å². The number of benzene rings is 1. The molecule has 0 bridgehead atoms. The maximum atomic E-state index is 12.4. The summed E-state index contributed by atoms with van der Waals surface area (Å²) in [4.78, 5) is 34.5. The van der Waals surface area contributed by atoms with Crippen molar-refractivity contribution in [2.75, 3.05) is 6.79 Å². The van der Waals surface area contributed by atoms with Gasteiger partial charge in [-0.15, -0.1) is 0 Å². The second-order valence-electron chi connectivity index (χ2n) is 6.43. The van der Waals surface area contributed by atoms with E-state index in [0.717, 1.165) is 6.08 Å². The molecule has 0 fully saturated rings. The first-order valence-corrected chi connectivity index (χ1v) is 9.33. The van der Waals surface area contributed by atoms with E-state index in [1.54, 1.807) is 6.92 Å². The van der Waals surface area contributed by atoms with Crippen molar-refractivity contribution in [2.24, 2.45) is 0 Å². The van der Waals surface area contributed by atoms with Crippen LogP contribution >= 0.6 is 0 Å². The summed E-state index contributed by atoms with van der Waals surface area (Å²) in [6, 6.07) is 6.09. The SMILES string of the molecule is C=CC(=O)OCOc1ccc(C(=O)OC(CC(O)CC)CC(C)OC(C)=O)cc1. The lowest BCUT2D eigenvalue weighted by Gasteiger charge is -2.23. The Morgan fingerprint density at radius 3 is 2.34 bits per heavy atom. The van der Waals surface area contributed by atoms with Gasteiger partial charge in [-0.05, 0) is 37.6 Å². The molecule has 0 saturated carbocycles. The quantitative estimate of drug-likeness (QED) is 0.243. The minimum Gasteiger partial charge on any atom is -0.463 e. The van der Waals surface area contributed by atoms with Crippen molar-refractivity contribution < 1.29 is 38.4 Å². The molecule has 1 aromatic rings. The van der Waals surface area contributed by atoms with E-state index in [0.29, 0.717) is 12.2 Å². The summed E-state index contributed by atoms with van der Waals surface area (Å²) in [5, 5.41) is 9.92. The Morgan fingerprint density at radius 1 is 1.14 bits per heavy atom. The maximum absolute atomic E-state index is 12.4. The molecular weight excluding hydrogens is 380 g/mol. The second kappa shape index (κ2) is 12.6. The minimum atomic E-state index is -0.633. The zero-order valence-corrected chi connectivity index (χ0v) is 17.0. The van der Waals surface area contributed by atoms with Crippen LogP contribution in [0.25, 0.3) is 0 Å². The van der Waals surface area contributed by atoms with Gasteiger partial charge in [0.05, 0.1) is 11.7 Å². The first kappa shape index (κ1) is 24.2. The van der Waals surface area contributed by atoms with E-state index in [9.17, 15) is 19.5 Å². The summed E-state index contributed by atoms with van der Waals surface area (Å²) in [5.41, 5.74) is 0.288. The van der Waals surface area contributed by atoms with Crippen LogP contribution in [0.1, 0.15) is 50.4 Å². The van der Waals surface area contributed by atoms with Gasteiger partial charge in [-0.1, -0.05) is 13.5 Å². The summed E-state index contributed by atoms with van der Waals surface area (Å²) in [6.07, 6.45) is 0.354. The van der Waals surface area contributed by atoms with Crippen molar-refractivity contribution >= 4 is 17.9 Å². The van der Waals surface area contributed by atoms with Crippen molar-refractivity contribution in [3.63, 3.8) is 0 Å². The molecule has 0 amide bonds. The normalized spacial score (nSPS) is 13.5. The average Bonchev–Trinajstić information content (AvgIpc) is 2.67. The van der Waals surface area contributed by atoms with Crippen LogP contribution in [0, 0.1) is 0 Å². The molecule has 0 heterocycles. The topological polar surface area (TPSA) is 108 Å². The Balaban J connectivity index is 2.68. The standard InChI is InChI=1S/C21H28O8/c1-5-17(23)12-19(11-14(3)28-15(4)22)29-21(25)16-7-9-18(10-8-16)26-13-27-20(24)6-2/h6-10,14,17,19,23H,2,5,11-13H2,1,3-4H3. The lowest BCUT2D eigenvalue weighted by atomic mass is 10.0. The molecule has 8 heteroatoms. The van der Waals surface area contributed by atoms with Crippen LogP contribution in [0.2, 0.25) is 0 Å². The lowest BCUT2D eigenvalue weighted by Crippen LogP contribution is -2.28. The summed E-state index contributed by atoms with van der Waals surface area (Å²) >= 11 is 0. The van der Waals surface area contributed by atoms with Gasteiger partial charge in [0.2, 0.25) is 6.79 Å². The Morgan fingerprint density at radius 2 is 1.79 bits per heavy atom. The van der Waals surface area contributed by atoms with Gasteiger partial charge in [-0.25, -0.2) is 9.59 Å². The van der Waals surface area contributed by atoms with E-state index < -0.39 is 36.2 Å². The van der Waals surface area contributed by atoms with Crippen LogP contribution in [0.3, 0.4) is 0 Å². The van der Waals surface area contributed by atoms with E-state index >= 15 is 0 Å². The number of carbonyl (C=O) groups excluding carboxylic acids is 3. The van der Waals surface area contributed by atoms with Gasteiger partial charge in [0.15, 0.2) is 0 Å². The second-order valence-corrected chi connectivity index (χ2v) is 6.43. The number of esters is 3. The third-order valence-corrected chi connectivity index (χ3v) is 3.93. The van der Waals surface area contributed by atoms with E-state index in [1.165, 1.54) is 31.2 Å². The van der Waals surface area contributed by atoms with Gasteiger partial charge in [0, 0.05) is 25.8 Å². The molecule has 160 valence electrons. The molecule has 0 aromatic heterocycles. The number of hydrogen-bond acceptors (Lipinski definition) is 8. The molecule has 3 atom stereocenters. The highest BCUT2D eigenvalue weighted by Crippen LogP contribution is 2.18. The molecule has 1 N–H and O–H groups in total. The average molecular weight is 408 g/mol. The summed E-state index contributed by atoms with van der Waals surface area (Å²) in [5.74, 6) is -1.20. The fourth-order valence-corrected chi connectivity index (χ4v) is 2.49. The molecule has 1 aromatic carbocycles. The number of ether oxygens (including phenoxy) is 4. The van der Waals surface area contributed by atoms with Crippen molar-refractivity contribution in [1.82, 2.24) is 0 Å². The Hall–Kier alpha value is -2.87. The van der Waals surface area contributed by atoms with Crippen molar-refractivity contribution in [2.45, 2.75) is 58.3 Å². The molecule has 0 aliphatic rings. The smallest absolute Gasteiger partial charge is 0.338 e. The first-order chi connectivity index (χ1) is 13.7. The van der Waals surface area contributed by atoms with Crippen LogP contribution in [0.5, 0.6) is 5.75 Å². The molecule has 1 rings (SSSR count). The number of aliphatic hydroxyl groups excluding tert-OH is 1. The summed E-state index contributed by atoms with van der Waals surface area (Å²) in [7, 11) is 0. The molecular formula is C21H28O8. The number of hydrogen-bond donors (Lipinski definition) is 1. The van der Waals surface area contributed by atoms with Gasteiger partial charge < -0.3 is 24.1 Å². The number of rotatable bonds is 12. The van der Waals surface area contributed by atoms with Crippen LogP contribution in [-0.4, -0.2) is 48.1 Å². The van der Waals surface area contributed by atoms with Gasteiger partial charge in [0.25, 0.3) is 0 Å². The fourth-order valence-electron chi connectivity index (χ4n) is 2.49. The number of aliphatic hydroxyl groups is 1. The highest BCUT2D eigenvalue weighted by atomic mass is 16.7. The predicted octanol–water partition coefficient (Wildman–Crippen LogP) is 2.78. The Kier molecular flexibility index (Phi) is 10.5. The summed E-state index contributed by atoms with van der Waals surface area (Å²) < 4.78 is 20.5. The largest absolute Gasteiger partial charge is 0.463 e. The summed E-state index contributed by atoms with van der Waals surface area (Å²) in [6.45, 7) is 7.83. The van der Waals surface area contributed by atoms with Gasteiger partial charge in [-0.2, -0.15) is 0 Å². The minimum absolute atomic E-state index is 0.240. The fraction of sp³-hybridized carbons (Fsp3) is 0.476. The highest BCUT2D eigenvalue weighted by Gasteiger charge is 2.23. The maximum Gasteiger partial charge on any atom is 0.338 e. The lowest BCUT2D eigenvalue weighted by molar-refractivity contribution is -0.147. The molecule has 8 nitrogen and oxygen atoms in total. The van der Waals surface area contributed by atoms with Crippen molar-refractivity contribution in [1.29, 1.82) is 0 Å². The third-order valence-electron chi connectivity index (χ3n) is 3.93. The van der Waals surface area contributed by atoms with Crippen LogP contribution in [0.4, 0.5) is 0 Å². The van der Waals surface area contributed by atoms with E-state index in [4.69, 9.17) is 18.9 Å². The van der Waals surface area contributed by atoms with Crippen molar-refractivity contribution in [3.05, 3.63) is 42.5 Å². The Bertz CT molecular complexity index is 682. The third kappa shape index (κ3) is 9.75. The van der Waals surface area contributed by atoms with Crippen molar-refractivity contribution in [3.8, 4) is 5.75 Å². The van der Waals surface area contributed by atoms with E-state index in [-0.39, 0.29) is 25.2 Å². The molecule has 0 saturated heterocycles. The zero-order chi connectivity index (χ0) is 21.8. The first-order valence-electron chi connectivity index (χ1n) is 9.33. The number of carbonyl (C=O) groups is 3. The van der Waals surface area contributed by atoms with Gasteiger partial charge in [-0.3, -0.25) is 4.79 Å². The molecule has 0 aliphatic carbocycles. The molecule has 0 spiro atoms. The molecule has 29 heavy (non-hydrogen) atoms. The molecule has 0 aliphatic heterocycles. The van der Waals surface area contributed by atoms with Gasteiger partial charge >= 0.3 is 17.9 Å². The highest BCUT2D eigenvalue weighted by molar-refractivity contribution is 5.89. The monoisotopic (exact) mass is 408 g/mol. The molecule has 3 unspecified atom stereocenters. The predicted molar refractivity (Wildman–Crippen MR) is 104 cm³/mol. The molecule has 0 radical (unpaired) electrons. The van der Waals surface area contributed by atoms with Crippen LogP contribution in [-0.2, 0) is 23.8 Å². The van der Waals surface area contributed by atoms with E-state index in [1.807, 2.05) is 6.92 Å². The Labute approximate surface area is 170 Å². The van der Waals surface area contributed by atoms with E-state index in [2.05, 4.69) is 6.58 Å². The van der Waals surface area contributed by atoms with Crippen LogP contribution < -0.4 is 4.74 Å².